The van der Waals surface area contributed by atoms with Crippen molar-refractivity contribution in [2.45, 2.75) is 46.2 Å². The van der Waals surface area contributed by atoms with Crippen molar-refractivity contribution in [1.82, 2.24) is 0 Å². The van der Waals surface area contributed by atoms with Crippen LogP contribution in [0, 0.1) is 0 Å². The summed E-state index contributed by atoms with van der Waals surface area (Å²) in [5.41, 5.74) is 0. The van der Waals surface area contributed by atoms with Gasteiger partial charge < -0.3 is 9.16 Å². The van der Waals surface area contributed by atoms with Crippen LogP contribution in [0.3, 0.4) is 0 Å². The molecule has 0 spiro atoms. The fraction of sp³-hybridized carbons (Fsp3) is 1.00. The van der Waals surface area contributed by atoms with E-state index in [1.165, 1.54) is 0 Å². The van der Waals surface area contributed by atoms with Crippen LogP contribution in [0.1, 0.15) is 20.8 Å². The van der Waals surface area contributed by atoms with Gasteiger partial charge in [-0.15, -0.1) is 0 Å². The van der Waals surface area contributed by atoms with Crippen LogP contribution in [0.2, 0.25) is 19.6 Å². The maximum atomic E-state index is 5.78. The minimum absolute atomic E-state index is 0.404. The molecule has 0 saturated heterocycles. The van der Waals surface area contributed by atoms with Crippen LogP contribution >= 0.6 is 0 Å². The predicted octanol–water partition coefficient (Wildman–Crippen LogP) is 2.61. The summed E-state index contributed by atoms with van der Waals surface area (Å²) in [6, 6.07) is 0. The second-order valence-electron chi connectivity index (χ2n) is 4.05. The van der Waals surface area contributed by atoms with Crippen LogP contribution in [-0.2, 0) is 9.16 Å². The standard InChI is InChI=1S/C8H20O2Si/c1-7-9-8(2,3)10-11(4,5)6/h7H2,1-6H3. The van der Waals surface area contributed by atoms with Crippen molar-refractivity contribution < 1.29 is 9.16 Å². The van der Waals surface area contributed by atoms with Gasteiger partial charge in [-0.2, -0.15) is 0 Å². The fourth-order valence-electron chi connectivity index (χ4n) is 1.11. The zero-order valence-electron chi connectivity index (χ0n) is 8.52. The van der Waals surface area contributed by atoms with Gasteiger partial charge in [0.1, 0.15) is 0 Å². The third-order valence-electron chi connectivity index (χ3n) is 1.04. The van der Waals surface area contributed by atoms with Crippen LogP contribution in [0.4, 0.5) is 0 Å². The zero-order valence-corrected chi connectivity index (χ0v) is 9.52. The third kappa shape index (κ3) is 6.53. The van der Waals surface area contributed by atoms with Gasteiger partial charge in [0.15, 0.2) is 14.1 Å². The molecule has 0 rings (SSSR count). The van der Waals surface area contributed by atoms with Gasteiger partial charge in [0.2, 0.25) is 0 Å². The lowest BCUT2D eigenvalue weighted by Crippen LogP contribution is -2.40. The zero-order chi connectivity index (χ0) is 9.12. The normalized spacial score (nSPS) is 13.6. The maximum absolute atomic E-state index is 5.78. The van der Waals surface area contributed by atoms with Crippen LogP contribution in [-0.4, -0.2) is 20.7 Å². The van der Waals surface area contributed by atoms with E-state index in [1.807, 2.05) is 20.8 Å². The van der Waals surface area contributed by atoms with E-state index in [4.69, 9.17) is 9.16 Å². The summed E-state index contributed by atoms with van der Waals surface area (Å²) in [7, 11) is -1.45. The Morgan fingerprint density at radius 3 is 1.91 bits per heavy atom. The molecule has 0 bridgehead atoms. The molecule has 0 heterocycles. The number of rotatable bonds is 4. The molecule has 0 amide bonds. The maximum Gasteiger partial charge on any atom is 0.187 e. The minimum Gasteiger partial charge on any atom is -0.391 e. The molecule has 2 nitrogen and oxygen atoms in total. The Bertz CT molecular complexity index is 116. The Morgan fingerprint density at radius 1 is 1.18 bits per heavy atom. The van der Waals surface area contributed by atoms with Gasteiger partial charge in [-0.1, -0.05) is 0 Å². The first-order valence-electron chi connectivity index (χ1n) is 4.11. The molecule has 0 unspecified atom stereocenters. The van der Waals surface area contributed by atoms with Crippen molar-refractivity contribution in [2.75, 3.05) is 6.61 Å². The average Bonchev–Trinajstić information content (AvgIpc) is 1.55. The van der Waals surface area contributed by atoms with E-state index >= 15 is 0 Å². The van der Waals surface area contributed by atoms with Crippen LogP contribution in [0.15, 0.2) is 0 Å². The van der Waals surface area contributed by atoms with Gasteiger partial charge in [0, 0.05) is 6.61 Å². The first-order valence-corrected chi connectivity index (χ1v) is 7.52. The SMILES string of the molecule is CCOC(C)(C)O[Si](C)(C)C. The Hall–Kier alpha value is 0.137. The molecule has 0 aromatic heterocycles. The number of hydrogen-bond donors (Lipinski definition) is 0. The highest BCUT2D eigenvalue weighted by molar-refractivity contribution is 6.69. The van der Waals surface area contributed by atoms with Gasteiger partial charge in [-0.3, -0.25) is 0 Å². The first-order chi connectivity index (χ1) is 4.77. The van der Waals surface area contributed by atoms with E-state index in [0.717, 1.165) is 0 Å². The van der Waals surface area contributed by atoms with Gasteiger partial charge >= 0.3 is 0 Å². The molecule has 0 atom stereocenters. The average molecular weight is 176 g/mol. The molecule has 0 fully saturated rings. The summed E-state index contributed by atoms with van der Waals surface area (Å²) in [5, 5.41) is 0. The van der Waals surface area contributed by atoms with Crippen molar-refractivity contribution in [3.8, 4) is 0 Å². The van der Waals surface area contributed by atoms with Gasteiger partial charge in [0.25, 0.3) is 0 Å². The molecule has 0 aliphatic carbocycles. The molecule has 11 heavy (non-hydrogen) atoms. The van der Waals surface area contributed by atoms with Crippen LogP contribution < -0.4 is 0 Å². The number of ether oxygens (including phenoxy) is 1. The Kier molecular flexibility index (Phi) is 3.74. The summed E-state index contributed by atoms with van der Waals surface area (Å²) in [6.07, 6.45) is 0. The highest BCUT2D eigenvalue weighted by Crippen LogP contribution is 2.17. The van der Waals surface area contributed by atoms with Gasteiger partial charge in [0.05, 0.1) is 0 Å². The van der Waals surface area contributed by atoms with Crippen LogP contribution in [0.5, 0.6) is 0 Å². The molecule has 3 heteroatoms. The molecular formula is C8H20O2Si. The van der Waals surface area contributed by atoms with E-state index in [0.29, 0.717) is 6.61 Å². The summed E-state index contributed by atoms with van der Waals surface area (Å²) < 4.78 is 11.2. The molecular weight excluding hydrogens is 156 g/mol. The lowest BCUT2D eigenvalue weighted by molar-refractivity contribution is -0.158. The molecule has 0 aliphatic heterocycles. The minimum atomic E-state index is -1.45. The largest absolute Gasteiger partial charge is 0.391 e. The van der Waals surface area contributed by atoms with E-state index in [1.54, 1.807) is 0 Å². The quantitative estimate of drug-likeness (QED) is 0.484. The lowest BCUT2D eigenvalue weighted by atomic mass is 10.4. The molecule has 0 aromatic carbocycles. The first kappa shape index (κ1) is 11.1. The van der Waals surface area contributed by atoms with Gasteiger partial charge in [-0.25, -0.2) is 0 Å². The van der Waals surface area contributed by atoms with E-state index in [9.17, 15) is 0 Å². The molecule has 0 saturated carbocycles. The second-order valence-corrected chi connectivity index (χ2v) is 8.48. The molecule has 68 valence electrons. The van der Waals surface area contributed by atoms with Crippen molar-refractivity contribution in [2.24, 2.45) is 0 Å². The Balaban J connectivity index is 3.91. The number of hydrogen-bond acceptors (Lipinski definition) is 2. The highest BCUT2D eigenvalue weighted by Gasteiger charge is 2.27. The monoisotopic (exact) mass is 176 g/mol. The predicted molar refractivity (Wildman–Crippen MR) is 50.1 cm³/mol. The fourth-order valence-corrected chi connectivity index (χ4v) is 2.65. The lowest BCUT2D eigenvalue weighted by Gasteiger charge is -2.32. The summed E-state index contributed by atoms with van der Waals surface area (Å²) in [6.45, 7) is 13.1. The van der Waals surface area contributed by atoms with Crippen molar-refractivity contribution >= 4 is 8.32 Å². The topological polar surface area (TPSA) is 18.5 Å². The highest BCUT2D eigenvalue weighted by atomic mass is 28.4. The van der Waals surface area contributed by atoms with Crippen molar-refractivity contribution in [3.05, 3.63) is 0 Å². The summed E-state index contributed by atoms with van der Waals surface area (Å²) >= 11 is 0. The third-order valence-corrected chi connectivity index (χ3v) is 2.15. The van der Waals surface area contributed by atoms with E-state index < -0.39 is 14.1 Å². The van der Waals surface area contributed by atoms with E-state index in [2.05, 4.69) is 19.6 Å². The molecule has 0 radical (unpaired) electrons. The van der Waals surface area contributed by atoms with Crippen LogP contribution in [0.25, 0.3) is 0 Å². The molecule has 0 aromatic rings. The molecule has 0 N–H and O–H groups in total. The Labute approximate surface area is 71.0 Å². The summed E-state index contributed by atoms with van der Waals surface area (Å²) in [4.78, 5) is 0. The van der Waals surface area contributed by atoms with E-state index in [-0.39, 0.29) is 0 Å². The van der Waals surface area contributed by atoms with Gasteiger partial charge in [-0.05, 0) is 40.4 Å². The van der Waals surface area contributed by atoms with Crippen molar-refractivity contribution in [1.29, 1.82) is 0 Å². The summed E-state index contributed by atoms with van der Waals surface area (Å²) in [5.74, 6) is -0.404. The second kappa shape index (κ2) is 3.69. The van der Waals surface area contributed by atoms with Crippen molar-refractivity contribution in [3.63, 3.8) is 0 Å². The Morgan fingerprint density at radius 2 is 1.64 bits per heavy atom. The molecule has 0 aliphatic rings. The smallest absolute Gasteiger partial charge is 0.187 e.